The van der Waals surface area contributed by atoms with E-state index in [4.69, 9.17) is 0 Å². The van der Waals surface area contributed by atoms with Crippen molar-refractivity contribution < 1.29 is 14.3 Å². The van der Waals surface area contributed by atoms with Crippen LogP contribution in [-0.2, 0) is 0 Å². The zero-order chi connectivity index (χ0) is 19.7. The van der Waals surface area contributed by atoms with Gasteiger partial charge in [-0.2, -0.15) is 4.39 Å². The summed E-state index contributed by atoms with van der Waals surface area (Å²) in [6.07, 6.45) is 1.77. The molecule has 3 aromatic rings. The fraction of sp³-hybridized carbons (Fsp3) is 0.333. The molecule has 0 atom stereocenters. The number of carbonyl (C=O) groups is 1. The second-order valence-electron chi connectivity index (χ2n) is 7.18. The third-order valence-electron chi connectivity index (χ3n) is 5.43. The number of aliphatic hydroxyl groups is 1. The van der Waals surface area contributed by atoms with Gasteiger partial charge in [-0.15, -0.1) is 0 Å². The zero-order valence-corrected chi connectivity index (χ0v) is 15.7. The van der Waals surface area contributed by atoms with Gasteiger partial charge in [-0.1, -0.05) is 6.07 Å². The molecule has 28 heavy (non-hydrogen) atoms. The number of carbonyl (C=O) groups excluding carboxylic acids is 1. The lowest BCUT2D eigenvalue weighted by molar-refractivity contribution is 0.0963. The van der Waals surface area contributed by atoms with Crippen molar-refractivity contribution >= 4 is 22.6 Å². The van der Waals surface area contributed by atoms with Crippen molar-refractivity contribution in [1.82, 2.24) is 15.3 Å². The summed E-state index contributed by atoms with van der Waals surface area (Å²) < 4.78 is 14.8. The maximum Gasteiger partial charge on any atom is 0.251 e. The number of hydrogen-bond acceptors (Lipinski definition) is 4. The number of nitrogens with one attached hydrogen (secondary N) is 2. The Bertz CT molecular complexity index is 1010. The van der Waals surface area contributed by atoms with Crippen LogP contribution in [0.2, 0.25) is 0 Å². The number of halogens is 1. The van der Waals surface area contributed by atoms with Gasteiger partial charge in [0.05, 0.1) is 11.3 Å². The summed E-state index contributed by atoms with van der Waals surface area (Å²) in [6.45, 7) is 1.74. The Kier molecular flexibility index (Phi) is 5.00. The first kappa shape index (κ1) is 18.4. The molecule has 1 saturated heterocycles. The minimum Gasteiger partial charge on any atom is -0.396 e. The predicted molar refractivity (Wildman–Crippen MR) is 107 cm³/mol. The van der Waals surface area contributed by atoms with Gasteiger partial charge in [0.1, 0.15) is 5.82 Å². The number of anilines is 1. The van der Waals surface area contributed by atoms with Gasteiger partial charge in [-0.3, -0.25) is 4.79 Å². The molecule has 4 rings (SSSR count). The highest BCUT2D eigenvalue weighted by Crippen LogP contribution is 2.29. The maximum atomic E-state index is 14.8. The van der Waals surface area contributed by atoms with E-state index in [0.29, 0.717) is 28.6 Å². The number of H-pyrrole nitrogens is 1. The van der Waals surface area contributed by atoms with Crippen LogP contribution in [0.25, 0.3) is 22.2 Å². The SMILES string of the molecule is CNC(=O)c1ccc2cc(-c3ccc(N4CCC(CO)CC4)nc3F)[nH]c2c1. The maximum absolute atomic E-state index is 14.8. The normalized spacial score (nSPS) is 15.2. The number of aromatic nitrogens is 2. The van der Waals surface area contributed by atoms with E-state index in [0.717, 1.165) is 36.8 Å². The molecule has 7 heteroatoms. The molecule has 3 heterocycles. The number of pyridine rings is 1. The molecule has 1 aliphatic heterocycles. The van der Waals surface area contributed by atoms with E-state index < -0.39 is 5.95 Å². The Morgan fingerprint density at radius 2 is 2.07 bits per heavy atom. The predicted octanol–water partition coefficient (Wildman–Crippen LogP) is 2.94. The third-order valence-corrected chi connectivity index (χ3v) is 5.43. The van der Waals surface area contributed by atoms with Crippen molar-refractivity contribution in [3.8, 4) is 11.3 Å². The second kappa shape index (κ2) is 7.59. The molecule has 146 valence electrons. The molecule has 3 N–H and O–H groups in total. The van der Waals surface area contributed by atoms with E-state index >= 15 is 0 Å². The Balaban J connectivity index is 1.60. The summed E-state index contributed by atoms with van der Waals surface area (Å²) in [5.41, 5.74) is 2.33. The Hall–Kier alpha value is -2.93. The van der Waals surface area contributed by atoms with E-state index in [1.807, 2.05) is 18.2 Å². The molecular formula is C21H23FN4O2. The first-order valence-electron chi connectivity index (χ1n) is 9.46. The third kappa shape index (κ3) is 3.45. The summed E-state index contributed by atoms with van der Waals surface area (Å²) in [6, 6.07) is 10.8. The summed E-state index contributed by atoms with van der Waals surface area (Å²) in [5, 5.41) is 12.8. The highest BCUT2D eigenvalue weighted by molar-refractivity contribution is 5.98. The van der Waals surface area contributed by atoms with Crippen LogP contribution in [0.1, 0.15) is 23.2 Å². The lowest BCUT2D eigenvalue weighted by Crippen LogP contribution is -2.35. The Morgan fingerprint density at radius 1 is 1.29 bits per heavy atom. The van der Waals surface area contributed by atoms with Crippen LogP contribution in [0.15, 0.2) is 36.4 Å². The van der Waals surface area contributed by atoms with E-state index in [1.165, 1.54) is 0 Å². The first-order valence-corrected chi connectivity index (χ1v) is 9.46. The summed E-state index contributed by atoms with van der Waals surface area (Å²) >= 11 is 0. The topological polar surface area (TPSA) is 81.2 Å². The van der Waals surface area contributed by atoms with Gasteiger partial charge in [-0.25, -0.2) is 4.98 Å². The van der Waals surface area contributed by atoms with Gasteiger partial charge in [0.2, 0.25) is 5.95 Å². The quantitative estimate of drug-likeness (QED) is 0.606. The number of nitrogens with zero attached hydrogens (tertiary/aromatic N) is 2. The molecule has 6 nitrogen and oxygen atoms in total. The molecule has 0 radical (unpaired) electrons. The fourth-order valence-electron chi connectivity index (χ4n) is 3.70. The number of aliphatic hydroxyl groups excluding tert-OH is 1. The molecule has 0 aliphatic carbocycles. The van der Waals surface area contributed by atoms with Crippen molar-refractivity contribution in [3.05, 3.63) is 47.9 Å². The highest BCUT2D eigenvalue weighted by atomic mass is 19.1. The summed E-state index contributed by atoms with van der Waals surface area (Å²) in [4.78, 5) is 21.2. The highest BCUT2D eigenvalue weighted by Gasteiger charge is 2.21. The number of amides is 1. The van der Waals surface area contributed by atoms with Gasteiger partial charge in [0.25, 0.3) is 5.91 Å². The van der Waals surface area contributed by atoms with Crippen LogP contribution in [0.4, 0.5) is 10.2 Å². The van der Waals surface area contributed by atoms with Gasteiger partial charge >= 0.3 is 0 Å². The van der Waals surface area contributed by atoms with Crippen LogP contribution in [0.3, 0.4) is 0 Å². The number of piperidine rings is 1. The molecule has 1 fully saturated rings. The molecule has 2 aromatic heterocycles. The average Bonchev–Trinajstić information content (AvgIpc) is 3.16. The van der Waals surface area contributed by atoms with E-state index in [-0.39, 0.29) is 12.5 Å². The van der Waals surface area contributed by atoms with E-state index in [9.17, 15) is 14.3 Å². The average molecular weight is 382 g/mol. The zero-order valence-electron chi connectivity index (χ0n) is 15.7. The number of hydrogen-bond donors (Lipinski definition) is 3. The second-order valence-corrected chi connectivity index (χ2v) is 7.18. The lowest BCUT2D eigenvalue weighted by Gasteiger charge is -2.32. The van der Waals surface area contributed by atoms with Crippen molar-refractivity contribution in [2.24, 2.45) is 5.92 Å². The minimum atomic E-state index is -0.528. The fourth-order valence-corrected chi connectivity index (χ4v) is 3.70. The molecule has 0 saturated carbocycles. The summed E-state index contributed by atoms with van der Waals surface area (Å²) in [5.74, 6) is 0.252. The molecule has 0 spiro atoms. The minimum absolute atomic E-state index is 0.166. The monoisotopic (exact) mass is 382 g/mol. The Morgan fingerprint density at radius 3 is 2.75 bits per heavy atom. The first-order chi connectivity index (χ1) is 13.6. The van der Waals surface area contributed by atoms with Crippen LogP contribution in [0, 0.1) is 11.9 Å². The van der Waals surface area contributed by atoms with Crippen LogP contribution in [0.5, 0.6) is 0 Å². The smallest absolute Gasteiger partial charge is 0.251 e. The standard InChI is InChI=1S/C21H23FN4O2/c1-23-21(28)15-3-2-14-10-18(24-17(14)11-15)16-4-5-19(25-20(16)22)26-8-6-13(12-27)7-9-26/h2-5,10-11,13,24,27H,6-9,12H2,1H3,(H,23,28). The molecular weight excluding hydrogens is 359 g/mol. The van der Waals surface area contributed by atoms with Crippen LogP contribution < -0.4 is 10.2 Å². The van der Waals surface area contributed by atoms with E-state index in [1.54, 1.807) is 25.2 Å². The van der Waals surface area contributed by atoms with Crippen molar-refractivity contribution in [3.63, 3.8) is 0 Å². The van der Waals surface area contributed by atoms with Gasteiger partial charge in [-0.05, 0) is 49.1 Å². The van der Waals surface area contributed by atoms with Crippen LogP contribution in [-0.4, -0.2) is 47.7 Å². The van der Waals surface area contributed by atoms with Gasteiger partial charge in [0.15, 0.2) is 0 Å². The van der Waals surface area contributed by atoms with Gasteiger partial charge in [0, 0.05) is 43.2 Å². The molecule has 1 aromatic carbocycles. The van der Waals surface area contributed by atoms with Crippen molar-refractivity contribution in [2.75, 3.05) is 31.6 Å². The molecule has 0 unspecified atom stereocenters. The van der Waals surface area contributed by atoms with Crippen molar-refractivity contribution in [2.45, 2.75) is 12.8 Å². The molecule has 1 aliphatic rings. The van der Waals surface area contributed by atoms with E-state index in [2.05, 4.69) is 20.2 Å². The number of fused-ring (bicyclic) bond motifs is 1. The van der Waals surface area contributed by atoms with Crippen molar-refractivity contribution in [1.29, 1.82) is 0 Å². The number of aromatic amines is 1. The lowest BCUT2D eigenvalue weighted by atomic mass is 9.98. The van der Waals surface area contributed by atoms with Gasteiger partial charge < -0.3 is 20.3 Å². The molecule has 1 amide bonds. The van der Waals surface area contributed by atoms with Crippen LogP contribution >= 0.6 is 0 Å². The largest absolute Gasteiger partial charge is 0.396 e. The summed E-state index contributed by atoms with van der Waals surface area (Å²) in [7, 11) is 1.58. The Labute approximate surface area is 162 Å². The number of benzene rings is 1. The molecule has 0 bridgehead atoms. The number of rotatable bonds is 4.